The van der Waals surface area contributed by atoms with Crippen molar-refractivity contribution >= 4 is 58.1 Å². The van der Waals surface area contributed by atoms with E-state index in [-0.39, 0.29) is 30.7 Å². The van der Waals surface area contributed by atoms with Crippen molar-refractivity contribution in [3.05, 3.63) is 90.3 Å². The Morgan fingerprint density at radius 1 is 0.722 bits per heavy atom. The van der Waals surface area contributed by atoms with E-state index in [9.17, 15) is 24.0 Å². The standard InChI is InChI=1S/C55H68N10O6S/c56-51-49-50(39-23-25-42(26-24-39)71-41-18-10-9-11-19-41)60-65(52(49)58-38-57-51)40-17-15-31-63(37-40)47(67)22-16-30-62-34-32-61(33-35-62)29-12-7-5-3-1-2-4-6-8-13-36-72-45-21-14-20-43-48(45)55(70)64(54(43)69)44-27-28-46(66)59-53(44)68/h9-11,14,18-21,23-26,38,40,44H,1-8,12-13,15-17,22,27-37H2,(H2,56,57,58)(H,59,66,68)/t40-,44?/m1/s1. The predicted molar refractivity (Wildman–Crippen MR) is 279 cm³/mol. The third-order valence-corrected chi connectivity index (χ3v) is 15.7. The summed E-state index contributed by atoms with van der Waals surface area (Å²) in [7, 11) is 0. The fourth-order valence-electron chi connectivity index (χ4n) is 10.6. The minimum absolute atomic E-state index is 0.0123. The molecule has 9 rings (SSSR count). The number of likely N-dealkylation sites (tertiary alicyclic amines) is 1. The van der Waals surface area contributed by atoms with Crippen molar-refractivity contribution in [1.82, 2.24) is 44.7 Å². The highest BCUT2D eigenvalue weighted by molar-refractivity contribution is 7.99. The van der Waals surface area contributed by atoms with Gasteiger partial charge < -0.3 is 25.2 Å². The van der Waals surface area contributed by atoms with Crippen LogP contribution in [0, 0.1) is 0 Å². The quantitative estimate of drug-likeness (QED) is 0.0360. The van der Waals surface area contributed by atoms with Gasteiger partial charge in [0, 0.05) is 62.6 Å². The van der Waals surface area contributed by atoms with Crippen molar-refractivity contribution in [2.24, 2.45) is 0 Å². The number of amides is 5. The van der Waals surface area contributed by atoms with Crippen LogP contribution in [0.25, 0.3) is 22.3 Å². The molecule has 17 heteroatoms. The van der Waals surface area contributed by atoms with Crippen molar-refractivity contribution in [3.8, 4) is 22.8 Å². The van der Waals surface area contributed by atoms with Crippen LogP contribution in [0.1, 0.15) is 129 Å². The molecule has 6 heterocycles. The number of rotatable bonds is 23. The summed E-state index contributed by atoms with van der Waals surface area (Å²) in [6, 6.07) is 21.9. The van der Waals surface area contributed by atoms with Gasteiger partial charge >= 0.3 is 0 Å². The number of anilines is 1. The van der Waals surface area contributed by atoms with Crippen molar-refractivity contribution in [1.29, 1.82) is 0 Å². The van der Waals surface area contributed by atoms with E-state index >= 15 is 0 Å². The molecule has 380 valence electrons. The van der Waals surface area contributed by atoms with E-state index in [2.05, 4.69) is 25.1 Å². The average molecular weight is 997 g/mol. The molecule has 2 aromatic heterocycles. The van der Waals surface area contributed by atoms with Gasteiger partial charge in [0.15, 0.2) is 5.65 Å². The Hall–Kier alpha value is -6.17. The van der Waals surface area contributed by atoms with Crippen molar-refractivity contribution in [2.45, 2.75) is 120 Å². The Labute approximate surface area is 426 Å². The summed E-state index contributed by atoms with van der Waals surface area (Å²) in [5.74, 6) is 1.08. The van der Waals surface area contributed by atoms with Crippen molar-refractivity contribution in [2.75, 3.05) is 63.8 Å². The summed E-state index contributed by atoms with van der Waals surface area (Å²) < 4.78 is 7.97. The lowest BCUT2D eigenvalue weighted by molar-refractivity contribution is -0.136. The minimum atomic E-state index is -0.947. The van der Waals surface area contributed by atoms with Crippen LogP contribution in [0.4, 0.5) is 5.82 Å². The number of aromatic nitrogens is 4. The number of piperidine rings is 2. The first kappa shape index (κ1) is 50.8. The summed E-state index contributed by atoms with van der Waals surface area (Å²) in [4.78, 5) is 82.0. The van der Waals surface area contributed by atoms with Crippen LogP contribution in [0.5, 0.6) is 11.5 Å². The van der Waals surface area contributed by atoms with E-state index < -0.39 is 23.8 Å². The number of nitrogen functional groups attached to an aromatic ring is 1. The second-order valence-corrected chi connectivity index (χ2v) is 20.8. The van der Waals surface area contributed by atoms with Crippen LogP contribution in [0.15, 0.2) is 84.0 Å². The first-order chi connectivity index (χ1) is 35.2. The van der Waals surface area contributed by atoms with E-state index in [4.69, 9.17) is 15.6 Å². The van der Waals surface area contributed by atoms with Gasteiger partial charge in [0.2, 0.25) is 17.7 Å². The lowest BCUT2D eigenvalue weighted by atomic mass is 10.0. The molecule has 5 amide bonds. The van der Waals surface area contributed by atoms with Crippen LogP contribution in [-0.4, -0.2) is 133 Å². The smallest absolute Gasteiger partial charge is 0.263 e. The monoisotopic (exact) mass is 997 g/mol. The Morgan fingerprint density at radius 2 is 1.40 bits per heavy atom. The number of imide groups is 2. The molecule has 0 saturated carbocycles. The van der Waals surface area contributed by atoms with E-state index in [0.717, 1.165) is 122 Å². The molecule has 3 aromatic carbocycles. The Bertz CT molecular complexity index is 2690. The van der Waals surface area contributed by atoms with E-state index in [0.29, 0.717) is 35.6 Å². The van der Waals surface area contributed by atoms with Gasteiger partial charge in [0.25, 0.3) is 11.8 Å². The SMILES string of the molecule is Nc1ncnc2c1c(-c1ccc(Oc3ccccc3)cc1)nn2[C@@H]1CCCN(C(=O)CCCN2CCN(CCCCCCCCCCCCSc3cccc4c3C(=O)N(C3CCC(=O)NC3=O)C4=O)CC2)C1. The van der Waals surface area contributed by atoms with E-state index in [1.54, 1.807) is 23.9 Å². The maximum Gasteiger partial charge on any atom is 0.263 e. The zero-order valence-electron chi connectivity index (χ0n) is 41.4. The summed E-state index contributed by atoms with van der Waals surface area (Å²) >= 11 is 1.60. The van der Waals surface area contributed by atoms with Crippen LogP contribution < -0.4 is 15.8 Å². The number of piperazine rings is 1. The second kappa shape index (κ2) is 24.5. The summed E-state index contributed by atoms with van der Waals surface area (Å²) in [5.41, 5.74) is 9.47. The molecular weight excluding hydrogens is 929 g/mol. The number of benzene rings is 3. The van der Waals surface area contributed by atoms with Crippen molar-refractivity contribution < 1.29 is 28.7 Å². The number of para-hydroxylation sites is 1. The summed E-state index contributed by atoms with van der Waals surface area (Å²) in [6.45, 7) is 7.76. The fraction of sp³-hybridized carbons (Fsp3) is 0.491. The van der Waals surface area contributed by atoms with Crippen LogP contribution in [0.2, 0.25) is 0 Å². The zero-order chi connectivity index (χ0) is 49.8. The number of fused-ring (bicyclic) bond motifs is 2. The molecule has 2 atom stereocenters. The molecule has 1 unspecified atom stereocenters. The third-order valence-electron chi connectivity index (χ3n) is 14.6. The van der Waals surface area contributed by atoms with Gasteiger partial charge in [0.05, 0.1) is 22.6 Å². The predicted octanol–water partition coefficient (Wildman–Crippen LogP) is 8.52. The first-order valence-corrected chi connectivity index (χ1v) is 27.2. The average Bonchev–Trinajstić information content (AvgIpc) is 3.91. The van der Waals surface area contributed by atoms with Gasteiger partial charge in [0.1, 0.15) is 35.4 Å². The number of hydrogen-bond acceptors (Lipinski definition) is 13. The van der Waals surface area contributed by atoms with Gasteiger partial charge in [-0.05, 0) is 106 Å². The highest BCUT2D eigenvalue weighted by atomic mass is 32.2. The fourth-order valence-corrected chi connectivity index (χ4v) is 11.7. The number of nitrogens with two attached hydrogens (primary N) is 1. The van der Waals surface area contributed by atoms with Gasteiger partial charge in [-0.2, -0.15) is 5.10 Å². The number of carbonyl (C=O) groups excluding carboxylic acids is 5. The van der Waals surface area contributed by atoms with Gasteiger partial charge in [-0.3, -0.25) is 34.2 Å². The number of unbranched alkanes of at least 4 members (excludes halogenated alkanes) is 9. The molecule has 4 aliphatic heterocycles. The molecule has 72 heavy (non-hydrogen) atoms. The molecule has 16 nitrogen and oxygen atoms in total. The van der Waals surface area contributed by atoms with Crippen LogP contribution in [0.3, 0.4) is 0 Å². The minimum Gasteiger partial charge on any atom is -0.457 e. The van der Waals surface area contributed by atoms with Crippen molar-refractivity contribution in [3.63, 3.8) is 0 Å². The first-order valence-electron chi connectivity index (χ1n) is 26.2. The van der Waals surface area contributed by atoms with Crippen LogP contribution >= 0.6 is 11.8 Å². The van der Waals surface area contributed by atoms with Gasteiger partial charge in [-0.1, -0.05) is 75.6 Å². The van der Waals surface area contributed by atoms with Gasteiger partial charge in [-0.15, -0.1) is 11.8 Å². The lowest BCUT2D eigenvalue weighted by Crippen LogP contribution is -2.54. The second-order valence-electron chi connectivity index (χ2n) is 19.6. The molecular formula is C55H68N10O6S. The molecule has 3 saturated heterocycles. The zero-order valence-corrected chi connectivity index (χ0v) is 42.2. The van der Waals surface area contributed by atoms with E-state index in [1.165, 1.54) is 57.7 Å². The molecule has 0 radical (unpaired) electrons. The molecule has 4 aliphatic rings. The largest absolute Gasteiger partial charge is 0.457 e. The topological polar surface area (TPSA) is 189 Å². The number of thioether (sulfide) groups is 1. The molecule has 0 aliphatic carbocycles. The molecule has 3 N–H and O–H groups in total. The number of nitrogens with zero attached hydrogens (tertiary/aromatic N) is 8. The molecule has 0 bridgehead atoms. The summed E-state index contributed by atoms with van der Waals surface area (Å²) in [5, 5.41) is 8.06. The highest BCUT2D eigenvalue weighted by Crippen LogP contribution is 2.37. The summed E-state index contributed by atoms with van der Waals surface area (Å²) in [6.07, 6.45) is 17.2. The maximum atomic E-state index is 13.6. The molecule has 5 aromatic rings. The third kappa shape index (κ3) is 12.4. The Kier molecular flexibility index (Phi) is 17.3. The Morgan fingerprint density at radius 3 is 2.12 bits per heavy atom. The van der Waals surface area contributed by atoms with Gasteiger partial charge in [-0.25, -0.2) is 14.6 Å². The number of nitrogens with one attached hydrogen (secondary N) is 1. The number of hydrogen-bond donors (Lipinski definition) is 2. The maximum absolute atomic E-state index is 13.6. The Balaban J connectivity index is 0.606. The normalized spacial score (nSPS) is 18.8. The molecule has 0 spiro atoms. The van der Waals surface area contributed by atoms with E-state index in [1.807, 2.05) is 70.2 Å². The van der Waals surface area contributed by atoms with Crippen LogP contribution in [-0.2, 0) is 14.4 Å². The molecule has 3 fully saturated rings. The lowest BCUT2D eigenvalue weighted by Gasteiger charge is -2.35. The number of carbonyl (C=O) groups is 5. The highest BCUT2D eigenvalue weighted by Gasteiger charge is 2.45. The number of ether oxygens (including phenoxy) is 1.